The molecular formula is C21H15N5O2. The van der Waals surface area contributed by atoms with Crippen molar-refractivity contribution >= 4 is 5.52 Å². The van der Waals surface area contributed by atoms with Crippen molar-refractivity contribution < 1.29 is 4.42 Å². The molecule has 0 N–H and O–H groups in total. The van der Waals surface area contributed by atoms with Gasteiger partial charge in [0.05, 0.1) is 42.0 Å². The third-order valence-corrected chi connectivity index (χ3v) is 4.52. The maximum atomic E-state index is 12.3. The lowest BCUT2D eigenvalue weighted by atomic mass is 10.0. The van der Waals surface area contributed by atoms with Crippen molar-refractivity contribution in [3.8, 4) is 22.5 Å². The highest BCUT2D eigenvalue weighted by Gasteiger charge is 2.18. The van der Waals surface area contributed by atoms with Gasteiger partial charge in [-0.1, -0.05) is 30.3 Å². The smallest absolute Gasteiger partial charge is 0.267 e. The fourth-order valence-electron chi connectivity index (χ4n) is 3.20. The monoisotopic (exact) mass is 369 g/mol. The maximum absolute atomic E-state index is 12.3. The fourth-order valence-corrected chi connectivity index (χ4v) is 3.20. The number of furan rings is 1. The predicted octanol–water partition coefficient (Wildman–Crippen LogP) is 3.26. The van der Waals surface area contributed by atoms with Crippen LogP contribution in [0, 0.1) is 0 Å². The molecule has 0 saturated heterocycles. The molecule has 0 spiro atoms. The Morgan fingerprint density at radius 1 is 1.00 bits per heavy atom. The van der Waals surface area contributed by atoms with Crippen LogP contribution < -0.4 is 5.56 Å². The van der Waals surface area contributed by atoms with Gasteiger partial charge >= 0.3 is 0 Å². The summed E-state index contributed by atoms with van der Waals surface area (Å²) in [6.45, 7) is 0.335. The van der Waals surface area contributed by atoms with Crippen molar-refractivity contribution in [2.24, 2.45) is 0 Å². The quantitative estimate of drug-likeness (QED) is 0.486. The van der Waals surface area contributed by atoms with E-state index < -0.39 is 0 Å². The zero-order chi connectivity index (χ0) is 18.9. The summed E-state index contributed by atoms with van der Waals surface area (Å²) in [5.41, 5.74) is 4.76. The van der Waals surface area contributed by atoms with E-state index in [0.717, 1.165) is 27.9 Å². The van der Waals surface area contributed by atoms with Crippen molar-refractivity contribution in [3.05, 3.63) is 95.6 Å². The van der Waals surface area contributed by atoms with Gasteiger partial charge in [0.2, 0.25) is 0 Å². The fraction of sp³-hybridized carbons (Fsp3) is 0.0476. The Bertz CT molecular complexity index is 1300. The Morgan fingerprint density at radius 2 is 1.89 bits per heavy atom. The second kappa shape index (κ2) is 6.62. The minimum Gasteiger partial charge on any atom is -0.472 e. The van der Waals surface area contributed by atoms with Gasteiger partial charge in [-0.15, -0.1) is 0 Å². The number of nitrogens with zero attached hydrogens (tertiary/aromatic N) is 5. The standard InChI is InChI=1S/C21H15N5O2/c27-19-7-6-17(23-26(19)13-15-8-11-28-14-15)20-18-12-22-9-10-25(18)24-21(20)16-4-2-1-3-5-16/h1-12,14H,13H2. The molecule has 0 unspecified atom stereocenters. The van der Waals surface area contributed by atoms with Gasteiger partial charge in [0.1, 0.15) is 5.69 Å². The average Bonchev–Trinajstić information content (AvgIpc) is 3.38. The third kappa shape index (κ3) is 2.79. The van der Waals surface area contributed by atoms with Gasteiger partial charge in [-0.2, -0.15) is 10.2 Å². The topological polar surface area (TPSA) is 78.2 Å². The van der Waals surface area contributed by atoms with Gasteiger partial charge < -0.3 is 4.42 Å². The predicted molar refractivity (Wildman–Crippen MR) is 104 cm³/mol. The summed E-state index contributed by atoms with van der Waals surface area (Å²) in [4.78, 5) is 16.6. The average molecular weight is 369 g/mol. The molecule has 0 atom stereocenters. The highest BCUT2D eigenvalue weighted by atomic mass is 16.3. The minimum absolute atomic E-state index is 0.180. The lowest BCUT2D eigenvalue weighted by Crippen LogP contribution is -2.22. The molecule has 0 saturated carbocycles. The number of fused-ring (bicyclic) bond motifs is 1. The first-order valence-corrected chi connectivity index (χ1v) is 8.77. The highest BCUT2D eigenvalue weighted by Crippen LogP contribution is 2.33. The summed E-state index contributed by atoms with van der Waals surface area (Å²) in [6, 6.07) is 15.0. The van der Waals surface area contributed by atoms with Crippen molar-refractivity contribution in [1.82, 2.24) is 24.4 Å². The van der Waals surface area contributed by atoms with Crippen LogP contribution in [0.5, 0.6) is 0 Å². The van der Waals surface area contributed by atoms with E-state index in [2.05, 4.69) is 10.1 Å². The molecule has 0 fully saturated rings. The lowest BCUT2D eigenvalue weighted by Gasteiger charge is -2.07. The van der Waals surface area contributed by atoms with Gasteiger partial charge in [-0.25, -0.2) is 9.20 Å². The Morgan fingerprint density at radius 3 is 2.71 bits per heavy atom. The van der Waals surface area contributed by atoms with Crippen LogP contribution in [0.2, 0.25) is 0 Å². The van der Waals surface area contributed by atoms with E-state index in [4.69, 9.17) is 9.52 Å². The van der Waals surface area contributed by atoms with Crippen molar-refractivity contribution in [3.63, 3.8) is 0 Å². The number of hydrogen-bond donors (Lipinski definition) is 0. The number of hydrogen-bond acceptors (Lipinski definition) is 5. The van der Waals surface area contributed by atoms with Gasteiger partial charge in [0.15, 0.2) is 0 Å². The summed E-state index contributed by atoms with van der Waals surface area (Å²) in [6.07, 6.45) is 8.42. The van der Waals surface area contributed by atoms with Crippen LogP contribution in [0.15, 0.2) is 88.9 Å². The maximum Gasteiger partial charge on any atom is 0.267 e. The molecule has 4 heterocycles. The molecule has 0 aliphatic carbocycles. The van der Waals surface area contributed by atoms with Crippen LogP contribution in [-0.4, -0.2) is 24.4 Å². The molecular weight excluding hydrogens is 354 g/mol. The Balaban J connectivity index is 1.72. The van der Waals surface area contributed by atoms with Gasteiger partial charge in [0.25, 0.3) is 5.56 Å². The van der Waals surface area contributed by atoms with Crippen molar-refractivity contribution in [1.29, 1.82) is 0 Å². The van der Waals surface area contributed by atoms with Gasteiger partial charge in [0, 0.05) is 29.6 Å². The molecule has 1 aromatic carbocycles. The number of rotatable bonds is 4. The Kier molecular flexibility index (Phi) is 3.83. The van der Waals surface area contributed by atoms with Crippen LogP contribution in [0.3, 0.4) is 0 Å². The van der Waals surface area contributed by atoms with Crippen molar-refractivity contribution in [2.75, 3.05) is 0 Å². The molecule has 0 aliphatic rings. The molecule has 136 valence electrons. The summed E-state index contributed by atoms with van der Waals surface area (Å²) in [7, 11) is 0. The van der Waals surface area contributed by atoms with Crippen LogP contribution in [0.25, 0.3) is 28.0 Å². The third-order valence-electron chi connectivity index (χ3n) is 4.52. The Hall–Kier alpha value is -4.00. The van der Waals surface area contributed by atoms with Gasteiger partial charge in [-0.3, -0.25) is 9.78 Å². The highest BCUT2D eigenvalue weighted by molar-refractivity contribution is 5.90. The summed E-state index contributed by atoms with van der Waals surface area (Å²) >= 11 is 0. The van der Waals surface area contributed by atoms with E-state index in [0.29, 0.717) is 12.2 Å². The van der Waals surface area contributed by atoms with E-state index in [1.54, 1.807) is 41.7 Å². The zero-order valence-corrected chi connectivity index (χ0v) is 14.8. The van der Waals surface area contributed by atoms with E-state index in [-0.39, 0.29) is 5.56 Å². The molecule has 28 heavy (non-hydrogen) atoms. The summed E-state index contributed by atoms with van der Waals surface area (Å²) in [5.74, 6) is 0. The summed E-state index contributed by atoms with van der Waals surface area (Å²) < 4.78 is 8.30. The van der Waals surface area contributed by atoms with Crippen LogP contribution in [0.4, 0.5) is 0 Å². The first-order valence-electron chi connectivity index (χ1n) is 8.77. The molecule has 0 amide bonds. The lowest BCUT2D eigenvalue weighted by molar-refractivity contribution is 0.557. The second-order valence-corrected chi connectivity index (χ2v) is 6.34. The molecule has 0 aliphatic heterocycles. The first kappa shape index (κ1) is 16.2. The SMILES string of the molecule is O=c1ccc(-c2c(-c3ccccc3)nn3ccncc23)nn1Cc1ccoc1. The molecule has 0 radical (unpaired) electrons. The molecule has 5 rings (SSSR count). The van der Waals surface area contributed by atoms with E-state index in [1.165, 1.54) is 10.7 Å². The van der Waals surface area contributed by atoms with Crippen molar-refractivity contribution in [2.45, 2.75) is 6.54 Å². The minimum atomic E-state index is -0.180. The number of aromatic nitrogens is 5. The molecule has 7 nitrogen and oxygen atoms in total. The van der Waals surface area contributed by atoms with E-state index in [1.807, 2.05) is 36.4 Å². The second-order valence-electron chi connectivity index (χ2n) is 6.34. The van der Waals surface area contributed by atoms with Crippen LogP contribution in [0.1, 0.15) is 5.56 Å². The zero-order valence-electron chi connectivity index (χ0n) is 14.8. The molecule has 4 aromatic heterocycles. The first-order chi connectivity index (χ1) is 13.8. The van der Waals surface area contributed by atoms with E-state index >= 15 is 0 Å². The Labute approximate surface area is 159 Å². The molecule has 5 aromatic rings. The normalized spacial score (nSPS) is 11.1. The molecule has 7 heteroatoms. The number of benzene rings is 1. The summed E-state index contributed by atoms with van der Waals surface area (Å²) in [5, 5.41) is 9.33. The molecule has 0 bridgehead atoms. The van der Waals surface area contributed by atoms with Gasteiger partial charge in [-0.05, 0) is 12.1 Å². The van der Waals surface area contributed by atoms with E-state index in [9.17, 15) is 4.79 Å². The van der Waals surface area contributed by atoms with Crippen LogP contribution in [-0.2, 0) is 6.54 Å². The largest absolute Gasteiger partial charge is 0.472 e. The van der Waals surface area contributed by atoms with Crippen LogP contribution >= 0.6 is 0 Å².